The number of amides is 1. The molecule has 2 aromatic carbocycles. The zero-order valence-corrected chi connectivity index (χ0v) is 15.5. The molecule has 0 aromatic heterocycles. The molecule has 2 aromatic rings. The first kappa shape index (κ1) is 19.3. The fourth-order valence-corrected chi connectivity index (χ4v) is 2.76. The van der Waals surface area contributed by atoms with Crippen LogP contribution in [0.3, 0.4) is 0 Å². The van der Waals surface area contributed by atoms with Crippen molar-refractivity contribution in [2.45, 2.75) is 33.6 Å². The van der Waals surface area contributed by atoms with Crippen LogP contribution >= 0.6 is 0 Å². The van der Waals surface area contributed by atoms with Crippen LogP contribution in [0.1, 0.15) is 36.5 Å². The van der Waals surface area contributed by atoms with Crippen molar-refractivity contribution >= 4 is 17.6 Å². The van der Waals surface area contributed by atoms with Crippen molar-refractivity contribution in [3.05, 3.63) is 47.0 Å². The zero-order chi connectivity index (χ0) is 19.4. The molecule has 0 spiro atoms. The maximum absolute atomic E-state index is 11.3. The van der Waals surface area contributed by atoms with Crippen LogP contribution < -0.4 is 14.8 Å². The van der Waals surface area contributed by atoms with Crippen LogP contribution in [0.4, 0.5) is 5.69 Å². The number of carboxylic acids is 1. The smallest absolute Gasteiger partial charge is 0.394 e. The van der Waals surface area contributed by atoms with Gasteiger partial charge in [0.05, 0.1) is 7.11 Å². The second-order valence-corrected chi connectivity index (χ2v) is 6.33. The number of anilines is 1. The van der Waals surface area contributed by atoms with Crippen LogP contribution in [-0.4, -0.2) is 24.1 Å². The van der Waals surface area contributed by atoms with Crippen LogP contribution in [0.25, 0.3) is 0 Å². The number of methoxy groups -OCH3 is 1. The van der Waals surface area contributed by atoms with E-state index in [0.29, 0.717) is 22.9 Å². The number of para-hydroxylation sites is 1. The van der Waals surface area contributed by atoms with Gasteiger partial charge in [0.15, 0.2) is 11.5 Å². The van der Waals surface area contributed by atoms with Crippen molar-refractivity contribution in [3.63, 3.8) is 0 Å². The van der Waals surface area contributed by atoms with E-state index in [1.807, 2.05) is 32.0 Å². The summed E-state index contributed by atoms with van der Waals surface area (Å²) in [5.74, 6) is -0.404. The Labute approximate surface area is 152 Å². The molecule has 0 aliphatic heterocycles. The number of carbonyl (C=O) groups is 2. The Bertz CT molecular complexity index is 819. The zero-order valence-electron chi connectivity index (χ0n) is 15.5. The number of benzene rings is 2. The lowest BCUT2D eigenvalue weighted by Gasteiger charge is -2.18. The number of ether oxygens (including phenoxy) is 2. The SMILES string of the molecule is COc1c(Oc2c(C)cc(NC(=O)C(=O)O)cc2C)cccc1C(C)C. The second-order valence-electron chi connectivity index (χ2n) is 6.33. The van der Waals surface area contributed by atoms with Crippen molar-refractivity contribution in [1.29, 1.82) is 0 Å². The standard InChI is InChI=1S/C20H23NO5/c1-11(2)15-7-6-8-16(18(15)25-5)26-17-12(3)9-14(10-13(17)4)21-19(22)20(23)24/h6-11H,1-5H3,(H,21,22)(H,23,24). The first-order valence-electron chi connectivity index (χ1n) is 8.24. The van der Waals surface area contributed by atoms with Crippen molar-refractivity contribution < 1.29 is 24.2 Å². The Morgan fingerprint density at radius 3 is 2.19 bits per heavy atom. The molecular formula is C20H23NO5. The largest absolute Gasteiger partial charge is 0.493 e. The Kier molecular flexibility index (Phi) is 5.87. The first-order valence-corrected chi connectivity index (χ1v) is 8.24. The molecule has 0 aliphatic carbocycles. The molecule has 0 bridgehead atoms. The predicted molar refractivity (Wildman–Crippen MR) is 99.3 cm³/mol. The molecular weight excluding hydrogens is 334 g/mol. The molecule has 6 heteroatoms. The average molecular weight is 357 g/mol. The van der Waals surface area contributed by atoms with Gasteiger partial charge in [-0.05, 0) is 49.1 Å². The summed E-state index contributed by atoms with van der Waals surface area (Å²) in [7, 11) is 1.61. The minimum Gasteiger partial charge on any atom is -0.493 e. The van der Waals surface area contributed by atoms with Crippen LogP contribution in [0.5, 0.6) is 17.2 Å². The third-order valence-electron chi connectivity index (χ3n) is 3.96. The highest BCUT2D eigenvalue weighted by molar-refractivity contribution is 6.36. The van der Waals surface area contributed by atoms with E-state index >= 15 is 0 Å². The van der Waals surface area contributed by atoms with Crippen LogP contribution in [0.2, 0.25) is 0 Å². The molecule has 0 fully saturated rings. The summed E-state index contributed by atoms with van der Waals surface area (Å²) in [6.45, 7) is 7.82. The average Bonchev–Trinajstić information content (AvgIpc) is 2.57. The molecule has 0 aliphatic rings. The van der Waals surface area contributed by atoms with Crippen molar-refractivity contribution in [3.8, 4) is 17.2 Å². The fraction of sp³-hybridized carbons (Fsp3) is 0.300. The summed E-state index contributed by atoms with van der Waals surface area (Å²) >= 11 is 0. The van der Waals surface area contributed by atoms with E-state index in [0.717, 1.165) is 16.7 Å². The summed E-state index contributed by atoms with van der Waals surface area (Å²) in [4.78, 5) is 22.0. The Morgan fingerprint density at radius 2 is 1.69 bits per heavy atom. The minimum atomic E-state index is -1.53. The van der Waals surface area contributed by atoms with E-state index in [1.54, 1.807) is 19.2 Å². The molecule has 1 amide bonds. The normalized spacial score (nSPS) is 10.5. The molecule has 6 nitrogen and oxygen atoms in total. The van der Waals surface area contributed by atoms with Crippen LogP contribution in [0.15, 0.2) is 30.3 Å². The van der Waals surface area contributed by atoms with E-state index < -0.39 is 11.9 Å². The maximum Gasteiger partial charge on any atom is 0.394 e. The summed E-state index contributed by atoms with van der Waals surface area (Å²) < 4.78 is 11.7. The molecule has 0 heterocycles. The van der Waals surface area contributed by atoms with E-state index in [9.17, 15) is 9.59 Å². The van der Waals surface area contributed by atoms with Gasteiger partial charge in [-0.2, -0.15) is 0 Å². The minimum absolute atomic E-state index is 0.282. The van der Waals surface area contributed by atoms with Gasteiger partial charge in [-0.15, -0.1) is 0 Å². The highest BCUT2D eigenvalue weighted by Crippen LogP contribution is 2.40. The van der Waals surface area contributed by atoms with Gasteiger partial charge in [0.2, 0.25) is 0 Å². The van der Waals surface area contributed by atoms with Gasteiger partial charge in [-0.3, -0.25) is 4.79 Å². The number of hydrogen-bond acceptors (Lipinski definition) is 4. The molecule has 2 N–H and O–H groups in total. The van der Waals surface area contributed by atoms with Crippen LogP contribution in [-0.2, 0) is 9.59 Å². The monoisotopic (exact) mass is 357 g/mol. The molecule has 0 saturated heterocycles. The quantitative estimate of drug-likeness (QED) is 0.782. The van der Waals surface area contributed by atoms with Crippen molar-refractivity contribution in [1.82, 2.24) is 0 Å². The highest BCUT2D eigenvalue weighted by atomic mass is 16.5. The Hall–Kier alpha value is -3.02. The topological polar surface area (TPSA) is 84.9 Å². The van der Waals surface area contributed by atoms with Crippen LogP contribution in [0, 0.1) is 13.8 Å². The molecule has 2 rings (SSSR count). The van der Waals surface area contributed by atoms with E-state index in [1.165, 1.54) is 0 Å². The third kappa shape index (κ3) is 4.14. The van der Waals surface area contributed by atoms with Crippen molar-refractivity contribution in [2.75, 3.05) is 12.4 Å². The molecule has 138 valence electrons. The summed E-state index contributed by atoms with van der Waals surface area (Å²) in [6, 6.07) is 9.09. The van der Waals surface area contributed by atoms with Gasteiger partial charge in [0.1, 0.15) is 5.75 Å². The Morgan fingerprint density at radius 1 is 1.08 bits per heavy atom. The molecule has 26 heavy (non-hydrogen) atoms. The lowest BCUT2D eigenvalue weighted by molar-refractivity contribution is -0.147. The number of aryl methyl sites for hydroxylation is 2. The first-order chi connectivity index (χ1) is 12.2. The molecule has 0 radical (unpaired) electrons. The number of rotatable bonds is 5. The maximum atomic E-state index is 11.3. The summed E-state index contributed by atoms with van der Waals surface area (Å²) in [5.41, 5.74) is 2.98. The highest BCUT2D eigenvalue weighted by Gasteiger charge is 2.17. The van der Waals surface area contributed by atoms with E-state index in [2.05, 4.69) is 19.2 Å². The molecule has 0 unspecified atom stereocenters. The fourth-order valence-electron chi connectivity index (χ4n) is 2.76. The second kappa shape index (κ2) is 7.91. The van der Waals surface area contributed by atoms with E-state index in [4.69, 9.17) is 14.6 Å². The molecule has 0 atom stereocenters. The van der Waals surface area contributed by atoms with Gasteiger partial charge >= 0.3 is 11.9 Å². The molecule has 0 saturated carbocycles. The van der Waals surface area contributed by atoms with Gasteiger partial charge in [0.25, 0.3) is 0 Å². The van der Waals surface area contributed by atoms with Gasteiger partial charge < -0.3 is 19.9 Å². The predicted octanol–water partition coefficient (Wildman–Crippen LogP) is 4.25. The number of nitrogens with one attached hydrogen (secondary N) is 1. The number of carbonyl (C=O) groups excluding carboxylic acids is 1. The van der Waals surface area contributed by atoms with E-state index in [-0.39, 0.29) is 5.92 Å². The number of aliphatic carboxylic acids is 1. The van der Waals surface area contributed by atoms with Gasteiger partial charge in [0, 0.05) is 11.3 Å². The lowest BCUT2D eigenvalue weighted by Crippen LogP contribution is -2.21. The van der Waals surface area contributed by atoms with Gasteiger partial charge in [-0.1, -0.05) is 26.0 Å². The lowest BCUT2D eigenvalue weighted by atomic mass is 10.0. The summed E-state index contributed by atoms with van der Waals surface area (Å²) in [6.07, 6.45) is 0. The Balaban J connectivity index is 2.38. The number of hydrogen-bond donors (Lipinski definition) is 2. The van der Waals surface area contributed by atoms with Crippen molar-refractivity contribution in [2.24, 2.45) is 0 Å². The summed E-state index contributed by atoms with van der Waals surface area (Å²) in [5, 5.41) is 11.1. The number of carboxylic acid groups (broad SMARTS) is 1. The third-order valence-corrected chi connectivity index (χ3v) is 3.96. The van der Waals surface area contributed by atoms with Gasteiger partial charge in [-0.25, -0.2) is 4.79 Å².